The molecule has 1 atom stereocenters. The zero-order valence-corrected chi connectivity index (χ0v) is 10.4. The van der Waals surface area contributed by atoms with Crippen molar-refractivity contribution in [2.24, 2.45) is 0 Å². The highest BCUT2D eigenvalue weighted by atomic mass is 16.1. The summed E-state index contributed by atoms with van der Waals surface area (Å²) in [5.41, 5.74) is 0. The van der Waals surface area contributed by atoms with Crippen molar-refractivity contribution in [2.45, 2.75) is 45.8 Å². The van der Waals surface area contributed by atoms with E-state index in [0.29, 0.717) is 18.6 Å². The predicted molar refractivity (Wildman–Crippen MR) is 62.1 cm³/mol. The Morgan fingerprint density at radius 3 is 2.06 bits per heavy atom. The van der Waals surface area contributed by atoms with E-state index >= 15 is 0 Å². The number of carbonyl (C=O) groups excluding carboxylic acids is 1. The van der Waals surface area contributed by atoms with Crippen molar-refractivity contribution >= 4 is 6.29 Å². The summed E-state index contributed by atoms with van der Waals surface area (Å²) in [6.07, 6.45) is 4.08. The van der Waals surface area contributed by atoms with Crippen LogP contribution >= 0.6 is 0 Å². The first-order valence-electron chi connectivity index (χ1n) is 5.63. The molecule has 0 radical (unpaired) electrons. The van der Waals surface area contributed by atoms with Gasteiger partial charge in [0.25, 0.3) is 0 Å². The van der Waals surface area contributed by atoms with Gasteiger partial charge in [-0.05, 0) is 27.7 Å². The summed E-state index contributed by atoms with van der Waals surface area (Å²) in [5.74, 6) is 0. The van der Waals surface area contributed by atoms with Gasteiger partial charge in [0.15, 0.2) is 0 Å². The van der Waals surface area contributed by atoms with Gasteiger partial charge in [-0.25, -0.2) is 0 Å². The van der Waals surface area contributed by atoms with Crippen LogP contribution in [0.2, 0.25) is 0 Å². The highest BCUT2D eigenvalue weighted by molar-refractivity contribution is 5.55. The lowest BCUT2D eigenvalue weighted by molar-refractivity contribution is -0.111. The Morgan fingerprint density at radius 2 is 1.69 bits per heavy atom. The van der Waals surface area contributed by atoms with Crippen molar-refractivity contribution in [1.29, 1.82) is 0 Å². The SMILES string of the molecule is CC(C)N(CC(C=O)n1nccn1)C(C)C. The average Bonchev–Trinajstić information content (AvgIpc) is 2.71. The largest absolute Gasteiger partial charge is 0.301 e. The first-order chi connectivity index (χ1) is 7.56. The standard InChI is InChI=1S/C11H20N4O/c1-9(2)14(10(3)4)7-11(8-16)15-12-5-6-13-15/h5-6,8-11H,7H2,1-4H3. The second-order valence-electron chi connectivity index (χ2n) is 4.44. The highest BCUT2D eigenvalue weighted by Crippen LogP contribution is 2.10. The van der Waals surface area contributed by atoms with Crippen molar-refractivity contribution in [3.63, 3.8) is 0 Å². The average molecular weight is 224 g/mol. The number of aromatic nitrogens is 3. The van der Waals surface area contributed by atoms with Crippen molar-refractivity contribution in [2.75, 3.05) is 6.54 Å². The van der Waals surface area contributed by atoms with Crippen LogP contribution in [-0.4, -0.2) is 44.8 Å². The maximum Gasteiger partial charge on any atom is 0.147 e. The summed E-state index contributed by atoms with van der Waals surface area (Å²) < 4.78 is 0. The molecule has 0 aliphatic rings. The van der Waals surface area contributed by atoms with Gasteiger partial charge in [-0.15, -0.1) is 0 Å². The maximum atomic E-state index is 11.1. The van der Waals surface area contributed by atoms with Crippen molar-refractivity contribution in [1.82, 2.24) is 19.9 Å². The molecule has 0 aliphatic carbocycles. The van der Waals surface area contributed by atoms with Crippen LogP contribution in [-0.2, 0) is 4.79 Å². The van der Waals surface area contributed by atoms with Gasteiger partial charge in [0, 0.05) is 18.6 Å². The fourth-order valence-electron chi connectivity index (χ4n) is 1.80. The minimum absolute atomic E-state index is 0.306. The summed E-state index contributed by atoms with van der Waals surface area (Å²) in [4.78, 5) is 14.8. The van der Waals surface area contributed by atoms with Crippen molar-refractivity contribution < 1.29 is 4.79 Å². The Hall–Kier alpha value is -1.23. The summed E-state index contributed by atoms with van der Waals surface area (Å²) in [7, 11) is 0. The zero-order chi connectivity index (χ0) is 12.1. The van der Waals surface area contributed by atoms with E-state index in [-0.39, 0.29) is 6.04 Å². The Labute approximate surface area is 96.4 Å². The number of rotatable bonds is 6. The number of hydrogen-bond donors (Lipinski definition) is 0. The number of hydrogen-bond acceptors (Lipinski definition) is 4. The second kappa shape index (κ2) is 5.75. The molecule has 1 aromatic rings. The minimum Gasteiger partial charge on any atom is -0.301 e. The molecule has 1 rings (SSSR count). The van der Waals surface area contributed by atoms with Gasteiger partial charge >= 0.3 is 0 Å². The molecule has 0 fully saturated rings. The molecule has 90 valence electrons. The lowest BCUT2D eigenvalue weighted by Crippen LogP contribution is -2.41. The molecule has 1 aromatic heterocycles. The van der Waals surface area contributed by atoms with E-state index in [9.17, 15) is 4.79 Å². The van der Waals surface area contributed by atoms with Crippen LogP contribution in [0.1, 0.15) is 33.7 Å². The predicted octanol–water partition coefficient (Wildman–Crippen LogP) is 1.14. The van der Waals surface area contributed by atoms with Gasteiger partial charge in [-0.2, -0.15) is 15.0 Å². The van der Waals surface area contributed by atoms with Crippen LogP contribution in [0.3, 0.4) is 0 Å². The highest BCUT2D eigenvalue weighted by Gasteiger charge is 2.20. The lowest BCUT2D eigenvalue weighted by Gasteiger charge is -2.32. The van der Waals surface area contributed by atoms with E-state index in [4.69, 9.17) is 0 Å². The van der Waals surface area contributed by atoms with E-state index in [1.807, 2.05) is 0 Å². The quantitative estimate of drug-likeness (QED) is 0.680. The molecule has 1 heterocycles. The number of carbonyl (C=O) groups is 1. The van der Waals surface area contributed by atoms with Gasteiger partial charge in [0.2, 0.25) is 0 Å². The Balaban J connectivity index is 2.72. The van der Waals surface area contributed by atoms with Crippen LogP contribution in [0.4, 0.5) is 0 Å². The number of aldehydes is 1. The zero-order valence-electron chi connectivity index (χ0n) is 10.4. The summed E-state index contributed by atoms with van der Waals surface area (Å²) >= 11 is 0. The fraction of sp³-hybridized carbons (Fsp3) is 0.727. The van der Waals surface area contributed by atoms with Crippen LogP contribution in [0.25, 0.3) is 0 Å². The summed E-state index contributed by atoms with van der Waals surface area (Å²) in [5, 5.41) is 8.01. The van der Waals surface area contributed by atoms with E-state index in [2.05, 4.69) is 42.8 Å². The minimum atomic E-state index is -0.306. The molecule has 0 amide bonds. The summed E-state index contributed by atoms with van der Waals surface area (Å²) in [6.45, 7) is 9.14. The van der Waals surface area contributed by atoms with Crippen LogP contribution in [0.15, 0.2) is 12.4 Å². The molecule has 0 aliphatic heterocycles. The molecule has 1 unspecified atom stereocenters. The third kappa shape index (κ3) is 3.13. The molecule has 0 bridgehead atoms. The maximum absolute atomic E-state index is 11.1. The molecule has 0 N–H and O–H groups in total. The third-order valence-electron chi connectivity index (χ3n) is 2.61. The van der Waals surface area contributed by atoms with Gasteiger partial charge < -0.3 is 4.79 Å². The van der Waals surface area contributed by atoms with E-state index < -0.39 is 0 Å². The Kier molecular flexibility index (Phi) is 4.61. The monoisotopic (exact) mass is 224 g/mol. The third-order valence-corrected chi connectivity index (χ3v) is 2.61. The first-order valence-corrected chi connectivity index (χ1v) is 5.63. The molecular formula is C11H20N4O. The van der Waals surface area contributed by atoms with Crippen molar-refractivity contribution in [3.05, 3.63) is 12.4 Å². The van der Waals surface area contributed by atoms with E-state index in [0.717, 1.165) is 6.29 Å². The first kappa shape index (κ1) is 12.8. The van der Waals surface area contributed by atoms with Gasteiger partial charge in [0.05, 0.1) is 12.4 Å². The molecule has 5 heteroatoms. The lowest BCUT2D eigenvalue weighted by atomic mass is 10.2. The van der Waals surface area contributed by atoms with E-state index in [1.165, 1.54) is 4.80 Å². The Bertz CT molecular complexity index is 300. The smallest absolute Gasteiger partial charge is 0.147 e. The van der Waals surface area contributed by atoms with Crippen LogP contribution in [0, 0.1) is 0 Å². The molecule has 0 aromatic carbocycles. The van der Waals surface area contributed by atoms with Crippen LogP contribution in [0.5, 0.6) is 0 Å². The molecular weight excluding hydrogens is 204 g/mol. The Morgan fingerprint density at radius 1 is 1.19 bits per heavy atom. The topological polar surface area (TPSA) is 51.0 Å². The fourth-order valence-corrected chi connectivity index (χ4v) is 1.80. The summed E-state index contributed by atoms with van der Waals surface area (Å²) in [6, 6.07) is 0.496. The van der Waals surface area contributed by atoms with E-state index in [1.54, 1.807) is 12.4 Å². The van der Waals surface area contributed by atoms with Crippen LogP contribution < -0.4 is 0 Å². The van der Waals surface area contributed by atoms with Crippen molar-refractivity contribution in [3.8, 4) is 0 Å². The molecule has 16 heavy (non-hydrogen) atoms. The molecule has 5 nitrogen and oxygen atoms in total. The second-order valence-corrected chi connectivity index (χ2v) is 4.44. The molecule has 0 saturated heterocycles. The van der Waals surface area contributed by atoms with Gasteiger partial charge in [-0.1, -0.05) is 0 Å². The molecule has 0 spiro atoms. The molecule has 0 saturated carbocycles. The van der Waals surface area contributed by atoms with Gasteiger partial charge in [-0.3, -0.25) is 4.90 Å². The number of nitrogens with zero attached hydrogens (tertiary/aromatic N) is 4. The van der Waals surface area contributed by atoms with Gasteiger partial charge in [0.1, 0.15) is 12.3 Å². The normalized spacial score (nSPS) is 13.7.